The van der Waals surface area contributed by atoms with E-state index in [0.717, 1.165) is 4.57 Å². The number of hydrogen-bond donors (Lipinski definition) is 1. The van der Waals surface area contributed by atoms with Gasteiger partial charge in [0.05, 0.1) is 0 Å². The number of carbonyl (C=O) groups excluding carboxylic acids is 1. The maximum atomic E-state index is 11.3. The van der Waals surface area contributed by atoms with E-state index in [-0.39, 0.29) is 5.95 Å². The maximum Gasteiger partial charge on any atom is 0.422 e. The molecule has 6 nitrogen and oxygen atoms in total. The molecule has 0 saturated heterocycles. The molecule has 0 aromatic carbocycles. The predicted molar refractivity (Wildman–Crippen MR) is 46.1 cm³/mol. The van der Waals surface area contributed by atoms with Crippen LogP contribution in [0, 0.1) is 0 Å². The van der Waals surface area contributed by atoms with Crippen molar-refractivity contribution in [3.05, 3.63) is 6.33 Å². The minimum atomic E-state index is -0.574. The molecule has 0 aliphatic carbocycles. The van der Waals surface area contributed by atoms with Crippen molar-refractivity contribution in [3.8, 4) is 0 Å². The van der Waals surface area contributed by atoms with Crippen LogP contribution in [-0.2, 0) is 4.74 Å². The van der Waals surface area contributed by atoms with Gasteiger partial charge < -0.3 is 10.5 Å². The third-order valence-electron chi connectivity index (χ3n) is 1.16. The van der Waals surface area contributed by atoms with E-state index in [1.54, 1.807) is 20.8 Å². The van der Waals surface area contributed by atoms with Gasteiger partial charge in [0.15, 0.2) is 0 Å². The van der Waals surface area contributed by atoms with Gasteiger partial charge in [-0.1, -0.05) is 0 Å². The normalized spacial score (nSPS) is 11.3. The molecule has 2 N–H and O–H groups in total. The first kappa shape index (κ1) is 9.50. The second-order valence-corrected chi connectivity index (χ2v) is 3.54. The van der Waals surface area contributed by atoms with Crippen LogP contribution in [0.1, 0.15) is 20.8 Å². The van der Waals surface area contributed by atoms with Gasteiger partial charge >= 0.3 is 6.09 Å². The first-order valence-corrected chi connectivity index (χ1v) is 3.79. The van der Waals surface area contributed by atoms with Crippen LogP contribution in [0.15, 0.2) is 6.33 Å². The molecular weight excluding hydrogens is 172 g/mol. The van der Waals surface area contributed by atoms with Crippen LogP contribution in [0.5, 0.6) is 0 Å². The smallest absolute Gasteiger partial charge is 0.422 e. The van der Waals surface area contributed by atoms with Crippen molar-refractivity contribution in [3.63, 3.8) is 0 Å². The average Bonchev–Trinajstić information content (AvgIpc) is 2.30. The summed E-state index contributed by atoms with van der Waals surface area (Å²) in [6.45, 7) is 5.31. The summed E-state index contributed by atoms with van der Waals surface area (Å²) in [5.74, 6) is 0.0225. The minimum Gasteiger partial charge on any atom is -0.443 e. The number of nitrogens with zero attached hydrogens (tertiary/aromatic N) is 3. The van der Waals surface area contributed by atoms with Crippen LogP contribution >= 0.6 is 0 Å². The monoisotopic (exact) mass is 184 g/mol. The van der Waals surface area contributed by atoms with E-state index in [1.165, 1.54) is 6.33 Å². The van der Waals surface area contributed by atoms with Gasteiger partial charge in [-0.2, -0.15) is 0 Å². The summed E-state index contributed by atoms with van der Waals surface area (Å²) in [6, 6.07) is 0. The minimum absolute atomic E-state index is 0.0225. The highest BCUT2D eigenvalue weighted by Crippen LogP contribution is 2.09. The van der Waals surface area contributed by atoms with Gasteiger partial charge in [0, 0.05) is 0 Å². The molecule has 72 valence electrons. The third-order valence-corrected chi connectivity index (χ3v) is 1.16. The van der Waals surface area contributed by atoms with Crippen molar-refractivity contribution in [2.45, 2.75) is 26.4 Å². The molecule has 1 heterocycles. The Morgan fingerprint density at radius 1 is 1.62 bits per heavy atom. The van der Waals surface area contributed by atoms with E-state index in [2.05, 4.69) is 10.2 Å². The van der Waals surface area contributed by atoms with E-state index < -0.39 is 11.7 Å². The number of anilines is 1. The molecule has 0 radical (unpaired) electrons. The first-order valence-electron chi connectivity index (χ1n) is 3.79. The van der Waals surface area contributed by atoms with Crippen LogP contribution in [-0.4, -0.2) is 26.5 Å². The summed E-state index contributed by atoms with van der Waals surface area (Å²) in [6.07, 6.45) is 0.638. The molecule has 0 spiro atoms. The lowest BCUT2D eigenvalue weighted by molar-refractivity contribution is 0.0540. The van der Waals surface area contributed by atoms with Crippen molar-refractivity contribution in [2.75, 3.05) is 5.73 Å². The van der Waals surface area contributed by atoms with Crippen molar-refractivity contribution in [1.82, 2.24) is 14.8 Å². The Morgan fingerprint density at radius 2 is 2.23 bits per heavy atom. The van der Waals surface area contributed by atoms with Gasteiger partial charge in [-0.3, -0.25) is 0 Å². The Kier molecular flexibility index (Phi) is 2.22. The molecular formula is C7H12N4O2. The Labute approximate surface area is 75.7 Å². The molecule has 0 aliphatic heterocycles. The average molecular weight is 184 g/mol. The topological polar surface area (TPSA) is 83.0 Å². The van der Waals surface area contributed by atoms with Crippen LogP contribution in [0.25, 0.3) is 0 Å². The molecule has 0 saturated carbocycles. The Balaban J connectivity index is 2.76. The standard InChI is InChI=1S/C7H12N4O2/c1-7(2,3)13-6(12)11-4-9-10-5(11)8/h4H,1-3H3,(H2,8,10). The fourth-order valence-corrected chi connectivity index (χ4v) is 0.696. The second kappa shape index (κ2) is 3.04. The molecule has 1 rings (SSSR count). The second-order valence-electron chi connectivity index (χ2n) is 3.54. The number of ether oxygens (including phenoxy) is 1. The van der Waals surface area contributed by atoms with Gasteiger partial charge in [0.1, 0.15) is 11.9 Å². The SMILES string of the molecule is CC(C)(C)OC(=O)n1cnnc1N. The van der Waals surface area contributed by atoms with E-state index in [0.29, 0.717) is 0 Å². The number of nitrogens with two attached hydrogens (primary N) is 1. The Morgan fingerprint density at radius 3 is 2.62 bits per heavy atom. The molecule has 0 atom stereocenters. The van der Waals surface area contributed by atoms with Crippen LogP contribution in [0.4, 0.5) is 10.7 Å². The Hall–Kier alpha value is -1.59. The van der Waals surface area contributed by atoms with Gasteiger partial charge in [0.2, 0.25) is 5.95 Å². The van der Waals surface area contributed by atoms with Gasteiger partial charge in [-0.15, -0.1) is 10.2 Å². The highest BCUT2D eigenvalue weighted by atomic mass is 16.6. The quantitative estimate of drug-likeness (QED) is 0.639. The highest BCUT2D eigenvalue weighted by molar-refractivity contribution is 5.73. The molecule has 0 unspecified atom stereocenters. The summed E-state index contributed by atoms with van der Waals surface area (Å²) in [5.41, 5.74) is 4.80. The lowest BCUT2D eigenvalue weighted by atomic mass is 10.2. The van der Waals surface area contributed by atoms with E-state index in [1.807, 2.05) is 0 Å². The predicted octanol–water partition coefficient (Wildman–Crippen LogP) is 0.644. The molecule has 0 aliphatic rings. The number of aromatic nitrogens is 3. The number of rotatable bonds is 0. The summed E-state index contributed by atoms with van der Waals surface area (Å²) in [4.78, 5) is 11.3. The van der Waals surface area contributed by atoms with Crippen LogP contribution in [0.3, 0.4) is 0 Å². The Bertz CT molecular complexity index is 313. The fourth-order valence-electron chi connectivity index (χ4n) is 0.696. The lowest BCUT2D eigenvalue weighted by Gasteiger charge is -2.19. The summed E-state index contributed by atoms with van der Waals surface area (Å²) in [7, 11) is 0. The summed E-state index contributed by atoms with van der Waals surface area (Å²) in [5, 5.41) is 6.92. The molecule has 0 amide bonds. The molecule has 0 bridgehead atoms. The zero-order chi connectivity index (χ0) is 10.1. The zero-order valence-electron chi connectivity index (χ0n) is 7.81. The summed E-state index contributed by atoms with van der Waals surface area (Å²) >= 11 is 0. The largest absolute Gasteiger partial charge is 0.443 e. The van der Waals surface area contributed by atoms with E-state index >= 15 is 0 Å². The number of carbonyl (C=O) groups is 1. The molecule has 1 aromatic heterocycles. The highest BCUT2D eigenvalue weighted by Gasteiger charge is 2.19. The van der Waals surface area contributed by atoms with Gasteiger partial charge in [-0.25, -0.2) is 9.36 Å². The maximum absolute atomic E-state index is 11.3. The van der Waals surface area contributed by atoms with Crippen molar-refractivity contribution < 1.29 is 9.53 Å². The van der Waals surface area contributed by atoms with Crippen molar-refractivity contribution >= 4 is 12.0 Å². The van der Waals surface area contributed by atoms with Crippen molar-refractivity contribution in [2.24, 2.45) is 0 Å². The van der Waals surface area contributed by atoms with Crippen LogP contribution in [0.2, 0.25) is 0 Å². The molecule has 0 fully saturated rings. The van der Waals surface area contributed by atoms with Gasteiger partial charge in [-0.05, 0) is 20.8 Å². The third kappa shape index (κ3) is 2.43. The fraction of sp³-hybridized carbons (Fsp3) is 0.571. The molecule has 13 heavy (non-hydrogen) atoms. The van der Waals surface area contributed by atoms with Crippen LogP contribution < -0.4 is 5.73 Å². The van der Waals surface area contributed by atoms with Gasteiger partial charge in [0.25, 0.3) is 0 Å². The molecule has 6 heteroatoms. The van der Waals surface area contributed by atoms with Crippen molar-refractivity contribution in [1.29, 1.82) is 0 Å². The number of nitrogen functional groups attached to an aromatic ring is 1. The zero-order valence-corrected chi connectivity index (χ0v) is 7.81. The lowest BCUT2D eigenvalue weighted by Crippen LogP contribution is -2.27. The summed E-state index contributed by atoms with van der Waals surface area (Å²) < 4.78 is 6.07. The van der Waals surface area contributed by atoms with E-state index in [4.69, 9.17) is 10.5 Å². The van der Waals surface area contributed by atoms with E-state index in [9.17, 15) is 4.79 Å². The number of hydrogen-bond acceptors (Lipinski definition) is 5. The first-order chi connectivity index (χ1) is 5.90. The molecule has 1 aromatic rings.